The van der Waals surface area contributed by atoms with Crippen LogP contribution in [0.1, 0.15) is 5.69 Å². The Balaban J connectivity index is 1.69. The molecule has 0 spiro atoms. The third kappa shape index (κ3) is 4.81. The van der Waals surface area contributed by atoms with E-state index in [0.717, 1.165) is 28.5 Å². The average Bonchev–Trinajstić information content (AvgIpc) is 3.51. The van der Waals surface area contributed by atoms with Gasteiger partial charge in [0, 0.05) is 11.6 Å². The topological polar surface area (TPSA) is 145 Å². The SMILES string of the molecule is N#Cc1ncc(N/C(=C(\C=N)C(=O)Nc2cnc(-n3nccn3)c(Cl)c2)C(F)(F)F)c2ccsc12. The fourth-order valence-electron chi connectivity index (χ4n) is 2.99. The predicted molar refractivity (Wildman–Crippen MR) is 123 cm³/mol. The van der Waals surface area contributed by atoms with Crippen LogP contribution in [0.5, 0.6) is 0 Å². The van der Waals surface area contributed by atoms with E-state index in [0.29, 0.717) is 10.1 Å². The second-order valence-corrected chi connectivity index (χ2v) is 7.98. The minimum atomic E-state index is -5.04. The van der Waals surface area contributed by atoms with Crippen LogP contribution in [0.2, 0.25) is 5.02 Å². The Morgan fingerprint density at radius 3 is 2.60 bits per heavy atom. The van der Waals surface area contributed by atoms with Gasteiger partial charge < -0.3 is 16.0 Å². The number of aromatic nitrogens is 5. The van der Waals surface area contributed by atoms with Crippen molar-refractivity contribution in [2.45, 2.75) is 6.18 Å². The molecule has 0 saturated carbocycles. The molecule has 4 aromatic rings. The molecule has 0 unspecified atom stereocenters. The van der Waals surface area contributed by atoms with Gasteiger partial charge in [-0.2, -0.15) is 28.6 Å². The first kappa shape index (κ1) is 23.8. The zero-order chi connectivity index (χ0) is 25.2. The highest BCUT2D eigenvalue weighted by Gasteiger charge is 2.38. The first-order chi connectivity index (χ1) is 16.7. The number of allylic oxidation sites excluding steroid dienone is 1. The molecule has 4 heterocycles. The van der Waals surface area contributed by atoms with Crippen LogP contribution < -0.4 is 10.6 Å². The summed E-state index contributed by atoms with van der Waals surface area (Å²) in [5.41, 5.74) is -2.53. The number of anilines is 2. The number of nitrogens with zero attached hydrogens (tertiary/aromatic N) is 6. The standard InChI is InChI=1S/C20H11ClF3N9OS/c21-13-5-10(8-28-18(13)33-29-2-3-30-33)31-19(34)12(6-25)17(20(22,23)24)32-15-9-27-14(7-26)16-11(15)1-4-35-16/h1-6,8-9,25,32H,(H,31,34)/b17-12+,25-6?. The minimum absolute atomic E-state index is 0.0166. The highest BCUT2D eigenvalue weighted by Crippen LogP contribution is 2.35. The second-order valence-electron chi connectivity index (χ2n) is 6.65. The summed E-state index contributed by atoms with van der Waals surface area (Å²) in [5, 5.41) is 30.8. The summed E-state index contributed by atoms with van der Waals surface area (Å²) in [4.78, 5) is 21.8. The van der Waals surface area contributed by atoms with Crippen LogP contribution in [0.15, 0.2) is 53.6 Å². The molecule has 1 amide bonds. The van der Waals surface area contributed by atoms with Gasteiger partial charge in [0.2, 0.25) is 0 Å². The van der Waals surface area contributed by atoms with Crippen molar-refractivity contribution in [3.63, 3.8) is 0 Å². The molecule has 0 saturated heterocycles. The molecule has 0 radical (unpaired) electrons. The van der Waals surface area contributed by atoms with E-state index >= 15 is 0 Å². The zero-order valence-electron chi connectivity index (χ0n) is 17.1. The number of halogens is 4. The predicted octanol–water partition coefficient (Wildman–Crippen LogP) is 4.31. The Morgan fingerprint density at radius 1 is 1.23 bits per heavy atom. The third-order valence-electron chi connectivity index (χ3n) is 4.49. The van der Waals surface area contributed by atoms with Crippen LogP contribution in [-0.2, 0) is 4.79 Å². The molecule has 15 heteroatoms. The molecule has 4 rings (SSSR count). The lowest BCUT2D eigenvalue weighted by Gasteiger charge is -2.18. The van der Waals surface area contributed by atoms with Gasteiger partial charge in [0.25, 0.3) is 5.91 Å². The quantitative estimate of drug-likeness (QED) is 0.255. The van der Waals surface area contributed by atoms with Crippen molar-refractivity contribution in [2.75, 3.05) is 10.6 Å². The number of thiophene rings is 1. The largest absolute Gasteiger partial charge is 0.432 e. The van der Waals surface area contributed by atoms with Gasteiger partial charge in [0.15, 0.2) is 11.5 Å². The fraction of sp³-hybridized carbons (Fsp3) is 0.0500. The van der Waals surface area contributed by atoms with E-state index in [-0.39, 0.29) is 34.1 Å². The van der Waals surface area contributed by atoms with Crippen molar-refractivity contribution >= 4 is 56.5 Å². The van der Waals surface area contributed by atoms with E-state index in [2.05, 4.69) is 30.8 Å². The van der Waals surface area contributed by atoms with Crippen LogP contribution in [0.4, 0.5) is 24.5 Å². The number of pyridine rings is 2. The zero-order valence-corrected chi connectivity index (χ0v) is 18.7. The van der Waals surface area contributed by atoms with Crippen molar-refractivity contribution in [1.29, 1.82) is 10.7 Å². The highest BCUT2D eigenvalue weighted by atomic mass is 35.5. The van der Waals surface area contributed by atoms with E-state index in [1.165, 1.54) is 24.5 Å². The van der Waals surface area contributed by atoms with E-state index in [1.807, 2.05) is 6.07 Å². The maximum Gasteiger partial charge on any atom is 0.432 e. The number of carbonyl (C=O) groups excluding carboxylic acids is 1. The molecule has 35 heavy (non-hydrogen) atoms. The number of amides is 1. The summed E-state index contributed by atoms with van der Waals surface area (Å²) in [6, 6.07) is 4.65. The van der Waals surface area contributed by atoms with Gasteiger partial charge >= 0.3 is 6.18 Å². The summed E-state index contributed by atoms with van der Waals surface area (Å²) >= 11 is 7.27. The van der Waals surface area contributed by atoms with Crippen LogP contribution in [0.3, 0.4) is 0 Å². The lowest BCUT2D eigenvalue weighted by molar-refractivity contribution is -0.114. The number of hydrogen-bond donors (Lipinski definition) is 3. The molecule has 0 aromatic carbocycles. The van der Waals surface area contributed by atoms with Gasteiger partial charge in [-0.15, -0.1) is 16.1 Å². The van der Waals surface area contributed by atoms with E-state index in [1.54, 1.807) is 5.38 Å². The Labute approximate surface area is 203 Å². The average molecular weight is 518 g/mol. The summed E-state index contributed by atoms with van der Waals surface area (Å²) in [5.74, 6) is -1.09. The first-order valence-electron chi connectivity index (χ1n) is 9.41. The molecule has 0 fully saturated rings. The second kappa shape index (κ2) is 9.49. The summed E-state index contributed by atoms with van der Waals surface area (Å²) in [7, 11) is 0. The van der Waals surface area contributed by atoms with Crippen molar-refractivity contribution in [2.24, 2.45) is 0 Å². The Morgan fingerprint density at radius 2 is 1.97 bits per heavy atom. The first-order valence-corrected chi connectivity index (χ1v) is 10.7. The van der Waals surface area contributed by atoms with Crippen LogP contribution in [-0.4, -0.2) is 43.3 Å². The van der Waals surface area contributed by atoms with Gasteiger partial charge in [0.1, 0.15) is 11.8 Å². The van der Waals surface area contributed by atoms with Gasteiger partial charge in [0.05, 0.1) is 51.5 Å². The van der Waals surface area contributed by atoms with Crippen molar-refractivity contribution in [1.82, 2.24) is 25.0 Å². The van der Waals surface area contributed by atoms with Gasteiger partial charge in [-0.1, -0.05) is 11.6 Å². The highest BCUT2D eigenvalue weighted by molar-refractivity contribution is 7.17. The number of nitriles is 1. The summed E-state index contributed by atoms with van der Waals surface area (Å²) < 4.78 is 42.3. The third-order valence-corrected chi connectivity index (χ3v) is 5.69. The molecular weight excluding hydrogens is 507 g/mol. The summed E-state index contributed by atoms with van der Waals surface area (Å²) in [6.07, 6.45) is 0.256. The maximum atomic E-state index is 14.0. The van der Waals surface area contributed by atoms with Gasteiger partial charge in [-0.3, -0.25) is 4.79 Å². The van der Waals surface area contributed by atoms with Gasteiger partial charge in [-0.25, -0.2) is 9.97 Å². The molecule has 4 aromatic heterocycles. The molecule has 3 N–H and O–H groups in total. The molecule has 10 nitrogen and oxygen atoms in total. The van der Waals surface area contributed by atoms with Crippen molar-refractivity contribution < 1.29 is 18.0 Å². The van der Waals surface area contributed by atoms with E-state index in [9.17, 15) is 18.0 Å². The Hall–Kier alpha value is -4.35. The lowest BCUT2D eigenvalue weighted by Crippen LogP contribution is -2.27. The molecule has 0 aliphatic heterocycles. The van der Waals surface area contributed by atoms with Crippen LogP contribution in [0.25, 0.3) is 15.9 Å². The number of carbonyl (C=O) groups is 1. The smallest absolute Gasteiger partial charge is 0.349 e. The van der Waals surface area contributed by atoms with Crippen molar-refractivity contribution in [3.05, 3.63) is 64.3 Å². The number of alkyl halides is 3. The monoisotopic (exact) mass is 517 g/mol. The molecule has 0 aliphatic carbocycles. The van der Waals surface area contributed by atoms with E-state index < -0.39 is 23.4 Å². The number of nitrogens with one attached hydrogen (secondary N) is 3. The molecule has 0 aliphatic rings. The number of fused-ring (bicyclic) bond motifs is 1. The molecule has 176 valence electrons. The summed E-state index contributed by atoms with van der Waals surface area (Å²) in [6.45, 7) is 0. The van der Waals surface area contributed by atoms with Gasteiger partial charge in [-0.05, 0) is 17.5 Å². The Bertz CT molecular complexity index is 1510. The van der Waals surface area contributed by atoms with Crippen LogP contribution in [0, 0.1) is 16.7 Å². The maximum absolute atomic E-state index is 14.0. The van der Waals surface area contributed by atoms with Crippen molar-refractivity contribution in [3.8, 4) is 11.9 Å². The number of hydrogen-bond acceptors (Lipinski definition) is 9. The van der Waals surface area contributed by atoms with E-state index in [4.69, 9.17) is 22.3 Å². The minimum Gasteiger partial charge on any atom is -0.349 e. The molecule has 0 atom stereocenters. The lowest BCUT2D eigenvalue weighted by atomic mass is 10.1. The normalized spacial score (nSPS) is 12.1. The molecule has 0 bridgehead atoms. The fourth-order valence-corrected chi connectivity index (χ4v) is 4.08. The Kier molecular flexibility index (Phi) is 6.45. The molecular formula is C20H11ClF3N9OS. The van der Waals surface area contributed by atoms with Crippen LogP contribution >= 0.6 is 22.9 Å². The number of rotatable bonds is 6.